The van der Waals surface area contributed by atoms with Crippen molar-refractivity contribution >= 4 is 17.0 Å². The Bertz CT molecular complexity index is 939. The summed E-state index contributed by atoms with van der Waals surface area (Å²) in [7, 11) is 1.66. The average Bonchev–Trinajstić information content (AvgIpc) is 3.08. The van der Waals surface area contributed by atoms with E-state index in [-0.39, 0.29) is 31.5 Å². The van der Waals surface area contributed by atoms with Gasteiger partial charge >= 0.3 is 5.97 Å². The van der Waals surface area contributed by atoms with E-state index in [4.69, 9.17) is 5.11 Å². The number of hydrogen-bond donors (Lipinski definition) is 2. The van der Waals surface area contributed by atoms with Crippen molar-refractivity contribution < 1.29 is 18.7 Å². The number of alkyl halides is 2. The minimum Gasteiger partial charge on any atom is -0.477 e. The molecule has 3 heterocycles. The number of carbonyl (C=O) groups is 1. The first-order valence-corrected chi connectivity index (χ1v) is 8.58. The van der Waals surface area contributed by atoms with Gasteiger partial charge in [0.05, 0.1) is 11.9 Å². The van der Waals surface area contributed by atoms with Crippen LogP contribution in [-0.4, -0.2) is 45.1 Å². The number of hydrogen-bond acceptors (Lipinski definition) is 4. The lowest BCUT2D eigenvalue weighted by Crippen LogP contribution is -2.23. The molecule has 0 bridgehead atoms. The van der Waals surface area contributed by atoms with Crippen LogP contribution in [0.25, 0.3) is 16.7 Å². The number of halogens is 2. The summed E-state index contributed by atoms with van der Waals surface area (Å²) in [4.78, 5) is 19.2. The molecule has 0 radical (unpaired) electrons. The van der Waals surface area contributed by atoms with Gasteiger partial charge in [-0.2, -0.15) is 0 Å². The normalized spacial score (nSPS) is 11.8. The van der Waals surface area contributed by atoms with E-state index < -0.39 is 11.9 Å². The third-order valence-electron chi connectivity index (χ3n) is 4.35. The van der Waals surface area contributed by atoms with Crippen LogP contribution < -0.4 is 5.32 Å². The number of nitrogens with one attached hydrogen (secondary N) is 1. The van der Waals surface area contributed by atoms with Crippen molar-refractivity contribution in [1.29, 1.82) is 0 Å². The van der Waals surface area contributed by atoms with E-state index >= 15 is 0 Å². The fourth-order valence-corrected chi connectivity index (χ4v) is 2.83. The number of fused-ring (bicyclic) bond motifs is 1. The van der Waals surface area contributed by atoms with Gasteiger partial charge in [0, 0.05) is 37.2 Å². The largest absolute Gasteiger partial charge is 0.477 e. The van der Waals surface area contributed by atoms with Crippen molar-refractivity contribution in [2.45, 2.75) is 25.2 Å². The van der Waals surface area contributed by atoms with Gasteiger partial charge in [0.2, 0.25) is 5.92 Å². The number of aryl methyl sites for hydroxylation is 1. The summed E-state index contributed by atoms with van der Waals surface area (Å²) in [6.07, 6.45) is 4.70. The molecule has 3 aromatic rings. The molecule has 0 saturated heterocycles. The molecule has 0 aliphatic rings. The first kappa shape index (κ1) is 18.9. The molecule has 8 heteroatoms. The summed E-state index contributed by atoms with van der Waals surface area (Å²) in [5.74, 6) is -3.80. The number of rotatable bonds is 8. The lowest BCUT2D eigenvalue weighted by molar-refractivity contribution is -0.0148. The van der Waals surface area contributed by atoms with Gasteiger partial charge in [-0.3, -0.25) is 4.57 Å². The third-order valence-corrected chi connectivity index (χ3v) is 4.35. The lowest BCUT2D eigenvalue weighted by Gasteiger charge is -2.15. The van der Waals surface area contributed by atoms with Gasteiger partial charge in [-0.25, -0.2) is 23.5 Å². The van der Waals surface area contributed by atoms with E-state index in [0.29, 0.717) is 11.3 Å². The second-order valence-electron chi connectivity index (χ2n) is 6.36. The fourth-order valence-electron chi connectivity index (χ4n) is 2.83. The highest BCUT2D eigenvalue weighted by atomic mass is 19.3. The number of pyridine rings is 2. The van der Waals surface area contributed by atoms with E-state index in [1.54, 1.807) is 30.1 Å². The molecule has 0 amide bonds. The van der Waals surface area contributed by atoms with Gasteiger partial charge in [-0.1, -0.05) is 0 Å². The lowest BCUT2D eigenvalue weighted by atomic mass is 10.0. The molecule has 3 aromatic heterocycles. The Labute approximate surface area is 154 Å². The van der Waals surface area contributed by atoms with Crippen molar-refractivity contribution in [3.63, 3.8) is 0 Å². The highest BCUT2D eigenvalue weighted by Gasteiger charge is 2.27. The minimum atomic E-state index is -2.71. The zero-order chi connectivity index (χ0) is 19.4. The molecule has 0 spiro atoms. The van der Waals surface area contributed by atoms with E-state index in [0.717, 1.165) is 10.9 Å². The van der Waals surface area contributed by atoms with Crippen LogP contribution in [0.5, 0.6) is 0 Å². The van der Waals surface area contributed by atoms with E-state index in [1.807, 2.05) is 12.1 Å². The standard InChI is InChI=1S/C19H20F2N4O2/c1-22-8-7-19(20,21)6-4-13-10-14-5-9-25(17(14)24-11-13)15-2-3-16(18(26)27)23-12-15/h2-3,5,9-12,22H,4,6-8H2,1H3,(H,26,27). The summed E-state index contributed by atoms with van der Waals surface area (Å²) in [6, 6.07) is 6.76. The van der Waals surface area contributed by atoms with Gasteiger partial charge in [0.15, 0.2) is 0 Å². The Morgan fingerprint density at radius 1 is 1.22 bits per heavy atom. The Morgan fingerprint density at radius 2 is 2.04 bits per heavy atom. The van der Waals surface area contributed by atoms with E-state index in [9.17, 15) is 13.6 Å². The molecule has 0 saturated carbocycles. The topological polar surface area (TPSA) is 80.0 Å². The Hall–Kier alpha value is -2.87. The minimum absolute atomic E-state index is 0.0374. The predicted molar refractivity (Wildman–Crippen MR) is 97.6 cm³/mol. The van der Waals surface area contributed by atoms with Crippen LogP contribution in [0, 0.1) is 0 Å². The smallest absolute Gasteiger partial charge is 0.354 e. The molecule has 142 valence electrons. The quantitative estimate of drug-likeness (QED) is 0.632. The summed E-state index contributed by atoms with van der Waals surface area (Å²) in [5.41, 5.74) is 2.05. The highest BCUT2D eigenvalue weighted by molar-refractivity contribution is 5.85. The van der Waals surface area contributed by atoms with E-state index in [2.05, 4.69) is 15.3 Å². The van der Waals surface area contributed by atoms with Gasteiger partial charge < -0.3 is 10.4 Å². The monoisotopic (exact) mass is 374 g/mol. The molecule has 6 nitrogen and oxygen atoms in total. The molecule has 0 atom stereocenters. The van der Waals surface area contributed by atoms with E-state index in [1.165, 1.54) is 12.3 Å². The van der Waals surface area contributed by atoms with Crippen LogP contribution in [-0.2, 0) is 6.42 Å². The molecular weight excluding hydrogens is 354 g/mol. The molecular formula is C19H20F2N4O2. The Morgan fingerprint density at radius 3 is 2.70 bits per heavy atom. The first-order chi connectivity index (χ1) is 12.9. The maximum absolute atomic E-state index is 13.8. The second-order valence-corrected chi connectivity index (χ2v) is 6.36. The number of aromatic nitrogens is 3. The van der Waals surface area contributed by atoms with Crippen LogP contribution in [0.1, 0.15) is 28.9 Å². The zero-order valence-electron chi connectivity index (χ0n) is 14.8. The second kappa shape index (κ2) is 7.79. The molecule has 0 aliphatic heterocycles. The first-order valence-electron chi connectivity index (χ1n) is 8.58. The maximum Gasteiger partial charge on any atom is 0.354 e. The van der Waals surface area contributed by atoms with Crippen molar-refractivity contribution in [3.8, 4) is 5.69 Å². The molecule has 0 aromatic carbocycles. The highest BCUT2D eigenvalue weighted by Crippen LogP contribution is 2.26. The zero-order valence-corrected chi connectivity index (χ0v) is 14.8. The molecule has 0 fully saturated rings. The summed E-state index contributed by atoms with van der Waals surface area (Å²) in [5, 5.41) is 12.5. The van der Waals surface area contributed by atoms with Crippen molar-refractivity contribution in [2.75, 3.05) is 13.6 Å². The van der Waals surface area contributed by atoms with Gasteiger partial charge in [-0.15, -0.1) is 0 Å². The van der Waals surface area contributed by atoms with Crippen LogP contribution in [0.15, 0.2) is 42.9 Å². The molecule has 0 unspecified atom stereocenters. The third kappa shape index (κ3) is 4.46. The summed E-state index contributed by atoms with van der Waals surface area (Å²) < 4.78 is 29.4. The van der Waals surface area contributed by atoms with Crippen molar-refractivity contribution in [3.05, 3.63) is 54.1 Å². The van der Waals surface area contributed by atoms with Crippen molar-refractivity contribution in [1.82, 2.24) is 19.9 Å². The average molecular weight is 374 g/mol. The number of carboxylic acid groups (broad SMARTS) is 1. The Kier molecular flexibility index (Phi) is 5.46. The molecule has 0 aliphatic carbocycles. The fraction of sp³-hybridized carbons (Fsp3) is 0.316. The molecule has 3 rings (SSSR count). The van der Waals surface area contributed by atoms with Crippen LogP contribution >= 0.6 is 0 Å². The number of nitrogens with zero attached hydrogens (tertiary/aromatic N) is 3. The van der Waals surface area contributed by atoms with Crippen LogP contribution in [0.3, 0.4) is 0 Å². The summed E-state index contributed by atoms with van der Waals surface area (Å²) in [6.45, 7) is 0.280. The predicted octanol–water partition coefficient (Wildman–Crippen LogP) is 3.30. The maximum atomic E-state index is 13.8. The number of aromatic carboxylic acids is 1. The van der Waals surface area contributed by atoms with Gasteiger partial charge in [0.1, 0.15) is 11.3 Å². The Balaban J connectivity index is 1.77. The molecule has 27 heavy (non-hydrogen) atoms. The SMILES string of the molecule is CNCCC(F)(F)CCc1cnc2c(ccn2-c2ccc(C(=O)O)nc2)c1. The summed E-state index contributed by atoms with van der Waals surface area (Å²) >= 11 is 0. The molecule has 2 N–H and O–H groups in total. The van der Waals surface area contributed by atoms with Crippen molar-refractivity contribution in [2.24, 2.45) is 0 Å². The van der Waals surface area contributed by atoms with Crippen LogP contribution in [0.4, 0.5) is 8.78 Å². The van der Waals surface area contributed by atoms with Crippen LogP contribution in [0.2, 0.25) is 0 Å². The van der Waals surface area contributed by atoms with Gasteiger partial charge in [0.25, 0.3) is 0 Å². The van der Waals surface area contributed by atoms with Gasteiger partial charge in [-0.05, 0) is 43.3 Å². The number of carboxylic acids is 1.